The molecule has 0 aliphatic carbocycles. The lowest BCUT2D eigenvalue weighted by Crippen LogP contribution is -2.21. The zero-order chi connectivity index (χ0) is 15.1. The Labute approximate surface area is 132 Å². The zero-order valence-electron chi connectivity index (χ0n) is 12.1. The largest absolute Gasteiger partial charge is 0.493 e. The number of benzene rings is 1. The third kappa shape index (κ3) is 2.43. The van der Waals surface area contributed by atoms with Crippen LogP contribution in [0.5, 0.6) is 5.75 Å². The normalized spacial score (nSPS) is 19.1. The molecule has 1 aromatic heterocycles. The summed E-state index contributed by atoms with van der Waals surface area (Å²) in [5, 5.41) is 2.81. The second-order valence-corrected chi connectivity index (χ2v) is 6.61. The first-order valence-electron chi connectivity index (χ1n) is 7.21. The van der Waals surface area contributed by atoms with E-state index in [1.807, 2.05) is 6.07 Å². The van der Waals surface area contributed by atoms with Gasteiger partial charge in [-0.25, -0.2) is 9.97 Å². The molecule has 1 N–H and O–H groups in total. The van der Waals surface area contributed by atoms with Crippen LogP contribution in [0.1, 0.15) is 22.9 Å². The van der Waals surface area contributed by atoms with Gasteiger partial charge in [-0.3, -0.25) is 4.79 Å². The van der Waals surface area contributed by atoms with E-state index in [-0.39, 0.29) is 11.8 Å². The average Bonchev–Trinajstić information content (AvgIpc) is 2.89. The molecule has 22 heavy (non-hydrogen) atoms. The van der Waals surface area contributed by atoms with Gasteiger partial charge in [0.2, 0.25) is 5.91 Å². The lowest BCUT2D eigenvalue weighted by atomic mass is 9.96. The molecule has 1 atom stereocenters. The van der Waals surface area contributed by atoms with Gasteiger partial charge in [0, 0.05) is 24.1 Å². The predicted molar refractivity (Wildman–Crippen MR) is 84.5 cm³/mol. The van der Waals surface area contributed by atoms with Crippen LogP contribution in [0.15, 0.2) is 29.3 Å². The highest BCUT2D eigenvalue weighted by atomic mass is 32.2. The zero-order valence-corrected chi connectivity index (χ0v) is 12.9. The second kappa shape index (κ2) is 5.28. The molecule has 1 unspecified atom stereocenters. The summed E-state index contributed by atoms with van der Waals surface area (Å²) in [6, 6.07) is 6.25. The van der Waals surface area contributed by atoms with Gasteiger partial charge in [0.15, 0.2) is 0 Å². The van der Waals surface area contributed by atoms with Gasteiger partial charge in [-0.2, -0.15) is 0 Å². The van der Waals surface area contributed by atoms with Gasteiger partial charge in [-0.1, -0.05) is 17.7 Å². The van der Waals surface area contributed by atoms with Crippen molar-refractivity contribution < 1.29 is 9.53 Å². The van der Waals surface area contributed by atoms with Crippen molar-refractivity contribution in [3.05, 3.63) is 41.3 Å². The van der Waals surface area contributed by atoms with Crippen LogP contribution in [-0.2, 0) is 11.2 Å². The van der Waals surface area contributed by atoms with Gasteiger partial charge < -0.3 is 10.1 Å². The standard InChI is InChI=1S/C16H15N3O2S/c1-9-2-3-12-11(4-9)10(7-21-12)5-14-17-6-13-16(18-14)19-15(20)8-22-13/h2-4,6,10H,5,7-8H2,1H3,(H,17,18,19,20). The molecule has 5 nitrogen and oxygen atoms in total. The van der Waals surface area contributed by atoms with Gasteiger partial charge >= 0.3 is 0 Å². The molecule has 112 valence electrons. The number of aryl methyl sites for hydroxylation is 1. The number of thioether (sulfide) groups is 1. The maximum absolute atomic E-state index is 11.5. The van der Waals surface area contributed by atoms with Crippen LogP contribution < -0.4 is 10.1 Å². The second-order valence-electron chi connectivity index (χ2n) is 5.59. The number of anilines is 1. The highest BCUT2D eigenvalue weighted by molar-refractivity contribution is 8.00. The topological polar surface area (TPSA) is 64.1 Å². The van der Waals surface area contributed by atoms with Crippen LogP contribution >= 0.6 is 11.8 Å². The Balaban J connectivity index is 1.59. The van der Waals surface area contributed by atoms with Gasteiger partial charge in [0.05, 0.1) is 17.3 Å². The van der Waals surface area contributed by atoms with E-state index in [9.17, 15) is 4.79 Å². The van der Waals surface area contributed by atoms with Gasteiger partial charge in [0.1, 0.15) is 17.4 Å². The molecule has 3 heterocycles. The molecular weight excluding hydrogens is 298 g/mol. The summed E-state index contributed by atoms with van der Waals surface area (Å²) in [5.74, 6) is 3.02. The number of carbonyl (C=O) groups is 1. The molecule has 2 aromatic rings. The number of fused-ring (bicyclic) bond motifs is 2. The highest BCUT2D eigenvalue weighted by Crippen LogP contribution is 2.36. The summed E-state index contributed by atoms with van der Waals surface area (Å²) in [5.41, 5.74) is 2.45. The molecule has 6 heteroatoms. The maximum Gasteiger partial charge on any atom is 0.235 e. The number of aromatic nitrogens is 2. The van der Waals surface area contributed by atoms with Gasteiger partial charge in [-0.05, 0) is 13.0 Å². The van der Waals surface area contributed by atoms with Crippen molar-refractivity contribution in [2.45, 2.75) is 24.2 Å². The van der Waals surface area contributed by atoms with Crippen molar-refractivity contribution in [1.82, 2.24) is 9.97 Å². The Bertz CT molecular complexity index is 763. The molecule has 0 spiro atoms. The van der Waals surface area contributed by atoms with E-state index in [0.29, 0.717) is 24.6 Å². The van der Waals surface area contributed by atoms with Crippen molar-refractivity contribution >= 4 is 23.5 Å². The van der Waals surface area contributed by atoms with Crippen LogP contribution in [0, 0.1) is 6.92 Å². The number of hydrogen-bond donors (Lipinski definition) is 1. The van der Waals surface area contributed by atoms with Gasteiger partial charge in [0.25, 0.3) is 0 Å². The summed E-state index contributed by atoms with van der Waals surface area (Å²) < 4.78 is 5.74. The minimum Gasteiger partial charge on any atom is -0.493 e. The van der Waals surface area contributed by atoms with Crippen molar-refractivity contribution in [3.8, 4) is 5.75 Å². The summed E-state index contributed by atoms with van der Waals surface area (Å²) in [7, 11) is 0. The molecule has 0 radical (unpaired) electrons. The smallest absolute Gasteiger partial charge is 0.235 e. The van der Waals surface area contributed by atoms with Crippen molar-refractivity contribution in [2.24, 2.45) is 0 Å². The first-order valence-corrected chi connectivity index (χ1v) is 8.19. The lowest BCUT2D eigenvalue weighted by Gasteiger charge is -2.16. The number of rotatable bonds is 2. The number of hydrogen-bond acceptors (Lipinski definition) is 5. The molecule has 0 bridgehead atoms. The fraction of sp³-hybridized carbons (Fsp3) is 0.312. The molecule has 0 saturated heterocycles. The molecule has 2 aliphatic rings. The van der Waals surface area contributed by atoms with Crippen LogP contribution in [0.3, 0.4) is 0 Å². The van der Waals surface area contributed by atoms with E-state index in [1.54, 1.807) is 6.20 Å². The van der Waals surface area contributed by atoms with E-state index < -0.39 is 0 Å². The van der Waals surface area contributed by atoms with Crippen LogP contribution in [0.4, 0.5) is 5.82 Å². The molecule has 0 saturated carbocycles. The molecule has 4 rings (SSSR count). The summed E-state index contributed by atoms with van der Waals surface area (Å²) in [4.78, 5) is 21.3. The van der Waals surface area contributed by atoms with Crippen molar-refractivity contribution in [1.29, 1.82) is 0 Å². The minimum atomic E-state index is -0.00711. The Morgan fingerprint density at radius 1 is 1.45 bits per heavy atom. The molecule has 2 aliphatic heterocycles. The van der Waals surface area contributed by atoms with Crippen LogP contribution in [0.25, 0.3) is 0 Å². The number of ether oxygens (including phenoxy) is 1. The van der Waals surface area contributed by atoms with E-state index in [4.69, 9.17) is 4.74 Å². The Morgan fingerprint density at radius 2 is 2.36 bits per heavy atom. The minimum absolute atomic E-state index is 0.00711. The Kier molecular flexibility index (Phi) is 3.26. The quantitative estimate of drug-likeness (QED) is 0.923. The van der Waals surface area contributed by atoms with Crippen LogP contribution in [0.2, 0.25) is 0 Å². The third-order valence-electron chi connectivity index (χ3n) is 3.90. The summed E-state index contributed by atoms with van der Waals surface area (Å²) in [6.45, 7) is 2.73. The number of carbonyl (C=O) groups excluding carboxylic acids is 1. The first kappa shape index (κ1) is 13.6. The summed E-state index contributed by atoms with van der Waals surface area (Å²) >= 11 is 1.48. The number of nitrogens with one attached hydrogen (secondary N) is 1. The molecule has 0 fully saturated rings. The molecular formula is C16H15N3O2S. The van der Waals surface area contributed by atoms with Crippen molar-refractivity contribution in [2.75, 3.05) is 17.7 Å². The summed E-state index contributed by atoms with van der Waals surface area (Å²) in [6.07, 6.45) is 2.51. The lowest BCUT2D eigenvalue weighted by molar-refractivity contribution is -0.113. The number of amides is 1. The molecule has 1 aromatic carbocycles. The van der Waals surface area contributed by atoms with E-state index in [2.05, 4.69) is 34.3 Å². The number of nitrogens with zero attached hydrogens (tertiary/aromatic N) is 2. The predicted octanol–water partition coefficient (Wildman–Crippen LogP) is 2.55. The fourth-order valence-electron chi connectivity index (χ4n) is 2.80. The SMILES string of the molecule is Cc1ccc2c(c1)C(Cc1ncc3c(n1)NC(=O)CS3)CO2. The van der Waals surface area contributed by atoms with E-state index in [0.717, 1.165) is 16.5 Å². The fourth-order valence-corrected chi connectivity index (χ4v) is 3.52. The van der Waals surface area contributed by atoms with Gasteiger partial charge in [-0.15, -0.1) is 11.8 Å². The van der Waals surface area contributed by atoms with Crippen LogP contribution in [-0.4, -0.2) is 28.2 Å². The Morgan fingerprint density at radius 3 is 3.27 bits per heavy atom. The highest BCUT2D eigenvalue weighted by Gasteiger charge is 2.26. The van der Waals surface area contributed by atoms with E-state index >= 15 is 0 Å². The monoisotopic (exact) mass is 313 g/mol. The average molecular weight is 313 g/mol. The van der Waals surface area contributed by atoms with Crippen molar-refractivity contribution in [3.63, 3.8) is 0 Å². The maximum atomic E-state index is 11.5. The third-order valence-corrected chi connectivity index (χ3v) is 4.91. The first-order chi connectivity index (χ1) is 10.7. The molecule has 1 amide bonds. The Hall–Kier alpha value is -2.08. The van der Waals surface area contributed by atoms with E-state index in [1.165, 1.54) is 22.9 Å².